The molecule has 1 atom stereocenters. The number of anilines is 1. The summed E-state index contributed by atoms with van der Waals surface area (Å²) >= 11 is 0. The number of carbonyl (C=O) groups is 1. The van der Waals surface area contributed by atoms with Gasteiger partial charge in [0.05, 0.1) is 18.8 Å². The molecule has 5 nitrogen and oxygen atoms in total. The molecule has 3 rings (SSSR count). The minimum atomic E-state index is -0.388. The molecule has 2 aliphatic heterocycles. The molecule has 1 unspecified atom stereocenters. The zero-order valence-electron chi connectivity index (χ0n) is 11.4. The second-order valence-electron chi connectivity index (χ2n) is 4.87. The highest BCUT2D eigenvalue weighted by atomic mass is 35.5. The molecule has 1 aromatic rings. The summed E-state index contributed by atoms with van der Waals surface area (Å²) in [6, 6.07) is 5.90. The van der Waals surface area contributed by atoms with Crippen molar-refractivity contribution in [3.8, 4) is 5.75 Å². The lowest BCUT2D eigenvalue weighted by Gasteiger charge is -2.33. The van der Waals surface area contributed by atoms with Gasteiger partial charge in [0.25, 0.3) is 5.91 Å². The number of benzene rings is 1. The van der Waals surface area contributed by atoms with Crippen LogP contribution in [0.4, 0.5) is 5.69 Å². The van der Waals surface area contributed by atoms with Crippen LogP contribution < -0.4 is 15.0 Å². The van der Waals surface area contributed by atoms with Crippen molar-refractivity contribution < 1.29 is 14.3 Å². The van der Waals surface area contributed by atoms with Gasteiger partial charge in [-0.1, -0.05) is 6.07 Å². The molecule has 1 saturated heterocycles. The van der Waals surface area contributed by atoms with Crippen LogP contribution in [-0.4, -0.2) is 44.9 Å². The van der Waals surface area contributed by atoms with E-state index in [0.29, 0.717) is 26.3 Å². The van der Waals surface area contributed by atoms with Gasteiger partial charge in [0.1, 0.15) is 18.5 Å². The Bertz CT molecular complexity index is 489. The van der Waals surface area contributed by atoms with Crippen LogP contribution in [0.25, 0.3) is 0 Å². The number of carbonyl (C=O) groups excluding carboxylic acids is 1. The lowest BCUT2D eigenvalue weighted by atomic mass is 10.1. The summed E-state index contributed by atoms with van der Waals surface area (Å²) in [5.74, 6) is 0.795. The molecule has 0 saturated carbocycles. The molecule has 0 spiro atoms. The van der Waals surface area contributed by atoms with Gasteiger partial charge in [0.2, 0.25) is 0 Å². The predicted octanol–water partition coefficient (Wildman–Crippen LogP) is 1.13. The number of nitrogens with one attached hydrogen (secondary N) is 1. The van der Waals surface area contributed by atoms with Crippen molar-refractivity contribution in [2.45, 2.75) is 13.0 Å². The number of ether oxygens (including phenoxy) is 2. The average Bonchev–Trinajstić information content (AvgIpc) is 2.46. The zero-order valence-corrected chi connectivity index (χ0v) is 12.2. The van der Waals surface area contributed by atoms with Crippen molar-refractivity contribution in [3.05, 3.63) is 23.8 Å². The monoisotopic (exact) mass is 298 g/mol. The number of rotatable bonds is 1. The second-order valence-corrected chi connectivity index (χ2v) is 4.87. The van der Waals surface area contributed by atoms with Crippen LogP contribution in [0.5, 0.6) is 5.75 Å². The summed E-state index contributed by atoms with van der Waals surface area (Å²) in [6.07, 6.45) is -0.388. The zero-order chi connectivity index (χ0) is 13.2. The fourth-order valence-corrected chi connectivity index (χ4v) is 2.45. The molecule has 110 valence electrons. The van der Waals surface area contributed by atoms with Crippen molar-refractivity contribution in [2.75, 3.05) is 37.7 Å². The third kappa shape index (κ3) is 2.90. The number of hydrogen-bond donors (Lipinski definition) is 1. The summed E-state index contributed by atoms with van der Waals surface area (Å²) in [4.78, 5) is 14.3. The summed E-state index contributed by atoms with van der Waals surface area (Å²) in [5, 5.41) is 3.18. The molecule has 6 heteroatoms. The molecular weight excluding hydrogens is 280 g/mol. The van der Waals surface area contributed by atoms with Crippen LogP contribution in [0.1, 0.15) is 5.56 Å². The van der Waals surface area contributed by atoms with Crippen LogP contribution >= 0.6 is 12.4 Å². The normalized spacial score (nSPS) is 21.4. The Labute approximate surface area is 124 Å². The molecule has 0 radical (unpaired) electrons. The predicted molar refractivity (Wildman–Crippen MR) is 78.9 cm³/mol. The van der Waals surface area contributed by atoms with E-state index < -0.39 is 0 Å². The standard InChI is InChI=1S/C14H18N2O3.ClH/c1-10-2-3-11-12(8-10)19-7-5-16(11)14(17)13-9-15-4-6-18-13;/h2-3,8,13,15H,4-7,9H2,1H3;1H. The maximum Gasteiger partial charge on any atom is 0.257 e. The van der Waals surface area contributed by atoms with Crippen molar-refractivity contribution in [1.82, 2.24) is 5.32 Å². The van der Waals surface area contributed by atoms with Crippen molar-refractivity contribution in [3.63, 3.8) is 0 Å². The third-order valence-electron chi connectivity index (χ3n) is 3.45. The van der Waals surface area contributed by atoms with Gasteiger partial charge < -0.3 is 19.7 Å². The van der Waals surface area contributed by atoms with Crippen LogP contribution in [0.3, 0.4) is 0 Å². The smallest absolute Gasteiger partial charge is 0.257 e. The number of halogens is 1. The van der Waals surface area contributed by atoms with Gasteiger partial charge >= 0.3 is 0 Å². The molecule has 20 heavy (non-hydrogen) atoms. The molecule has 2 aliphatic rings. The maximum absolute atomic E-state index is 12.5. The highest BCUT2D eigenvalue weighted by Crippen LogP contribution is 2.32. The molecule has 1 fully saturated rings. The fraction of sp³-hybridized carbons (Fsp3) is 0.500. The molecule has 0 bridgehead atoms. The van der Waals surface area contributed by atoms with Gasteiger partial charge in [-0.2, -0.15) is 0 Å². The van der Waals surface area contributed by atoms with Crippen LogP contribution in [0.15, 0.2) is 18.2 Å². The van der Waals surface area contributed by atoms with Crippen LogP contribution in [0.2, 0.25) is 0 Å². The van der Waals surface area contributed by atoms with E-state index in [0.717, 1.165) is 23.5 Å². The van der Waals surface area contributed by atoms with Gasteiger partial charge in [0, 0.05) is 13.1 Å². The Morgan fingerprint density at radius 1 is 1.40 bits per heavy atom. The van der Waals surface area contributed by atoms with E-state index in [-0.39, 0.29) is 24.4 Å². The topological polar surface area (TPSA) is 50.8 Å². The molecule has 0 aromatic heterocycles. The van der Waals surface area contributed by atoms with E-state index in [2.05, 4.69) is 5.32 Å². The molecular formula is C14H19ClN2O3. The largest absolute Gasteiger partial charge is 0.490 e. The van der Waals surface area contributed by atoms with Gasteiger partial charge in [-0.3, -0.25) is 4.79 Å². The third-order valence-corrected chi connectivity index (χ3v) is 3.45. The van der Waals surface area contributed by atoms with Crippen molar-refractivity contribution in [2.24, 2.45) is 0 Å². The molecule has 1 aromatic carbocycles. The Kier molecular flexibility index (Phi) is 4.86. The average molecular weight is 299 g/mol. The molecule has 1 amide bonds. The highest BCUT2D eigenvalue weighted by molar-refractivity contribution is 5.98. The van der Waals surface area contributed by atoms with Gasteiger partial charge in [-0.05, 0) is 24.6 Å². The number of morpholine rings is 1. The Hall–Kier alpha value is -1.30. The second kappa shape index (κ2) is 6.43. The van der Waals surface area contributed by atoms with Gasteiger partial charge in [-0.25, -0.2) is 0 Å². The first-order valence-electron chi connectivity index (χ1n) is 6.63. The van der Waals surface area contributed by atoms with E-state index >= 15 is 0 Å². The van der Waals surface area contributed by atoms with Gasteiger partial charge in [0.15, 0.2) is 0 Å². The van der Waals surface area contributed by atoms with Crippen LogP contribution in [-0.2, 0) is 9.53 Å². The number of aryl methyl sites for hydroxylation is 1. The summed E-state index contributed by atoms with van der Waals surface area (Å²) < 4.78 is 11.2. The summed E-state index contributed by atoms with van der Waals surface area (Å²) in [6.45, 7) is 5.09. The first-order valence-corrected chi connectivity index (χ1v) is 6.63. The van der Waals surface area contributed by atoms with E-state index in [1.54, 1.807) is 4.90 Å². The number of hydrogen-bond acceptors (Lipinski definition) is 4. The van der Waals surface area contributed by atoms with E-state index in [1.807, 2.05) is 25.1 Å². The Morgan fingerprint density at radius 2 is 2.25 bits per heavy atom. The molecule has 0 aliphatic carbocycles. The lowest BCUT2D eigenvalue weighted by molar-refractivity contribution is -0.131. The van der Waals surface area contributed by atoms with E-state index in [9.17, 15) is 4.79 Å². The fourth-order valence-electron chi connectivity index (χ4n) is 2.45. The minimum Gasteiger partial charge on any atom is -0.490 e. The van der Waals surface area contributed by atoms with Crippen molar-refractivity contribution in [1.29, 1.82) is 0 Å². The van der Waals surface area contributed by atoms with E-state index in [4.69, 9.17) is 9.47 Å². The summed E-state index contributed by atoms with van der Waals surface area (Å²) in [5.41, 5.74) is 1.97. The Morgan fingerprint density at radius 3 is 3.00 bits per heavy atom. The van der Waals surface area contributed by atoms with E-state index in [1.165, 1.54) is 0 Å². The first-order chi connectivity index (χ1) is 9.25. The van der Waals surface area contributed by atoms with Crippen molar-refractivity contribution >= 4 is 24.0 Å². The maximum atomic E-state index is 12.5. The number of amides is 1. The number of nitrogens with zero attached hydrogens (tertiary/aromatic N) is 1. The minimum absolute atomic E-state index is 0. The van der Waals surface area contributed by atoms with Gasteiger partial charge in [-0.15, -0.1) is 12.4 Å². The quantitative estimate of drug-likeness (QED) is 0.844. The highest BCUT2D eigenvalue weighted by Gasteiger charge is 2.31. The SMILES string of the molecule is Cc1ccc2c(c1)OCCN2C(=O)C1CNCCO1.Cl. The first kappa shape index (κ1) is 15.1. The number of fused-ring (bicyclic) bond motifs is 1. The van der Waals surface area contributed by atoms with Crippen LogP contribution in [0, 0.1) is 6.92 Å². The Balaban J connectivity index is 0.00000147. The molecule has 1 N–H and O–H groups in total. The lowest BCUT2D eigenvalue weighted by Crippen LogP contribution is -2.51. The molecule has 2 heterocycles. The summed E-state index contributed by atoms with van der Waals surface area (Å²) in [7, 11) is 0.